The van der Waals surface area contributed by atoms with Gasteiger partial charge in [0.25, 0.3) is 0 Å². The Morgan fingerprint density at radius 3 is 2.71 bits per heavy atom. The molecule has 0 aliphatic rings. The van der Waals surface area contributed by atoms with Crippen molar-refractivity contribution >= 4 is 19.0 Å². The van der Waals surface area contributed by atoms with E-state index < -0.39 is 8.07 Å². The van der Waals surface area contributed by atoms with Gasteiger partial charge in [-0.25, -0.2) is 4.98 Å². The summed E-state index contributed by atoms with van der Waals surface area (Å²) in [4.78, 5) is 4.58. The molecule has 0 aliphatic heterocycles. The summed E-state index contributed by atoms with van der Waals surface area (Å²) >= 11 is 0. The molecule has 110 valence electrons. The third-order valence-corrected chi connectivity index (χ3v) is 4.75. The summed E-state index contributed by atoms with van der Waals surface area (Å²) in [5, 5.41) is 1.14. The van der Waals surface area contributed by atoms with Gasteiger partial charge in [0.15, 0.2) is 8.07 Å². The van der Waals surface area contributed by atoms with Gasteiger partial charge in [-0.2, -0.15) is 0 Å². The zero-order valence-corrected chi connectivity index (χ0v) is 13.8. The molecule has 0 amide bonds. The first kappa shape index (κ1) is 15.7. The molecule has 0 fully saturated rings. The minimum absolute atomic E-state index is 0.628. The lowest BCUT2D eigenvalue weighted by atomic mass is 10.2. The molecule has 1 aromatic heterocycles. The molecule has 0 spiro atoms. The maximum atomic E-state index is 5.61. The van der Waals surface area contributed by atoms with E-state index in [2.05, 4.69) is 41.7 Å². The lowest BCUT2D eigenvalue weighted by Crippen LogP contribution is -2.32. The van der Waals surface area contributed by atoms with Crippen LogP contribution in [0.15, 0.2) is 36.4 Å². The molecular formula is C17H21NO2Si. The van der Waals surface area contributed by atoms with Crippen LogP contribution in [0.5, 0.6) is 0 Å². The fraction of sp³-hybridized carbons (Fsp3) is 0.353. The van der Waals surface area contributed by atoms with Gasteiger partial charge in [0.2, 0.25) is 0 Å². The second kappa shape index (κ2) is 7.37. The number of ether oxygens (including phenoxy) is 2. The molecule has 2 rings (SSSR count). The number of rotatable bonds is 5. The standard InChI is InChI=1S/C17H21NO2Si/c1-19-11-12-20-14-21(2,3)13-10-16-9-8-15-6-4-5-7-17(15)18-16/h4-9H,11-12,14H2,1-3H3. The SMILES string of the molecule is COCCOC[Si](C)(C)C#Cc1ccc2ccccc2n1. The Labute approximate surface area is 127 Å². The van der Waals surface area contributed by atoms with Gasteiger partial charge in [0.1, 0.15) is 5.69 Å². The van der Waals surface area contributed by atoms with E-state index in [1.54, 1.807) is 7.11 Å². The number of hydrogen-bond donors (Lipinski definition) is 0. The van der Waals surface area contributed by atoms with Gasteiger partial charge in [-0.3, -0.25) is 0 Å². The number of hydrogen-bond acceptors (Lipinski definition) is 3. The number of para-hydroxylation sites is 1. The highest BCUT2D eigenvalue weighted by molar-refractivity contribution is 6.85. The molecule has 0 radical (unpaired) electrons. The Hall–Kier alpha value is -1.67. The fourth-order valence-corrected chi connectivity index (χ4v) is 3.07. The van der Waals surface area contributed by atoms with E-state index in [9.17, 15) is 0 Å². The predicted octanol–water partition coefficient (Wildman–Crippen LogP) is 3.04. The summed E-state index contributed by atoms with van der Waals surface area (Å²) in [5.41, 5.74) is 5.19. The van der Waals surface area contributed by atoms with Crippen molar-refractivity contribution in [3.8, 4) is 11.5 Å². The van der Waals surface area contributed by atoms with Crippen molar-refractivity contribution in [3.63, 3.8) is 0 Å². The van der Waals surface area contributed by atoms with Crippen molar-refractivity contribution < 1.29 is 9.47 Å². The summed E-state index contributed by atoms with van der Waals surface area (Å²) in [6.07, 6.45) is 0.719. The Kier molecular flexibility index (Phi) is 5.51. The Balaban J connectivity index is 2.05. The first-order valence-corrected chi connectivity index (χ1v) is 10.3. The molecule has 21 heavy (non-hydrogen) atoms. The van der Waals surface area contributed by atoms with Crippen LogP contribution in [-0.4, -0.2) is 39.6 Å². The molecule has 2 aromatic rings. The van der Waals surface area contributed by atoms with Gasteiger partial charge in [-0.1, -0.05) is 43.3 Å². The maximum absolute atomic E-state index is 5.61. The van der Waals surface area contributed by atoms with Crippen LogP contribution in [0.3, 0.4) is 0 Å². The Morgan fingerprint density at radius 1 is 1.10 bits per heavy atom. The highest BCUT2D eigenvalue weighted by Gasteiger charge is 2.18. The van der Waals surface area contributed by atoms with Crippen LogP contribution in [0.2, 0.25) is 13.1 Å². The molecule has 0 bridgehead atoms. The summed E-state index contributed by atoms with van der Waals surface area (Å²) in [6.45, 7) is 5.66. The van der Waals surface area contributed by atoms with Gasteiger partial charge in [0.05, 0.1) is 25.0 Å². The minimum Gasteiger partial charge on any atom is -0.382 e. The highest BCUT2D eigenvalue weighted by atomic mass is 28.3. The van der Waals surface area contributed by atoms with Crippen LogP contribution >= 0.6 is 0 Å². The molecular weight excluding hydrogens is 278 g/mol. The molecule has 0 atom stereocenters. The van der Waals surface area contributed by atoms with Crippen molar-refractivity contribution in [2.45, 2.75) is 13.1 Å². The van der Waals surface area contributed by atoms with E-state index in [0.29, 0.717) is 13.2 Å². The second-order valence-corrected chi connectivity index (χ2v) is 9.87. The zero-order chi connectivity index (χ0) is 15.1. The molecule has 1 aromatic carbocycles. The van der Waals surface area contributed by atoms with Gasteiger partial charge in [0, 0.05) is 12.5 Å². The summed E-state index contributed by atoms with van der Waals surface area (Å²) in [6, 6.07) is 12.1. The molecule has 0 saturated heterocycles. The molecule has 0 N–H and O–H groups in total. The summed E-state index contributed by atoms with van der Waals surface area (Å²) in [7, 11) is -0.00477. The van der Waals surface area contributed by atoms with Crippen molar-refractivity contribution in [1.82, 2.24) is 4.98 Å². The minimum atomic E-state index is -1.68. The van der Waals surface area contributed by atoms with E-state index in [4.69, 9.17) is 9.47 Å². The van der Waals surface area contributed by atoms with Crippen LogP contribution in [0.1, 0.15) is 5.69 Å². The monoisotopic (exact) mass is 299 g/mol. The first-order chi connectivity index (χ1) is 10.1. The molecule has 0 aliphatic carbocycles. The number of pyridine rings is 1. The summed E-state index contributed by atoms with van der Waals surface area (Å²) in [5.74, 6) is 3.21. The lowest BCUT2D eigenvalue weighted by Gasteiger charge is -2.14. The average Bonchev–Trinajstić information content (AvgIpc) is 2.49. The quantitative estimate of drug-likeness (QED) is 0.483. The van der Waals surface area contributed by atoms with Crippen molar-refractivity contribution in [2.24, 2.45) is 0 Å². The van der Waals surface area contributed by atoms with Crippen LogP contribution in [-0.2, 0) is 9.47 Å². The molecule has 0 unspecified atom stereocenters. The topological polar surface area (TPSA) is 31.4 Å². The highest BCUT2D eigenvalue weighted by Crippen LogP contribution is 2.11. The fourth-order valence-electron chi connectivity index (χ4n) is 1.87. The third-order valence-electron chi connectivity index (χ3n) is 3.02. The number of methoxy groups -OCH3 is 1. The largest absolute Gasteiger partial charge is 0.382 e. The number of benzene rings is 1. The van der Waals surface area contributed by atoms with Crippen molar-refractivity contribution in [2.75, 3.05) is 26.6 Å². The van der Waals surface area contributed by atoms with Gasteiger partial charge < -0.3 is 9.47 Å². The molecule has 1 heterocycles. The van der Waals surface area contributed by atoms with Gasteiger partial charge >= 0.3 is 0 Å². The van der Waals surface area contributed by atoms with Crippen molar-refractivity contribution in [1.29, 1.82) is 0 Å². The predicted molar refractivity (Wildman–Crippen MR) is 88.8 cm³/mol. The Bertz CT molecular complexity index is 658. The van der Waals surface area contributed by atoms with Crippen LogP contribution < -0.4 is 0 Å². The second-order valence-electron chi connectivity index (χ2n) is 5.57. The molecule has 4 heteroatoms. The Morgan fingerprint density at radius 2 is 1.90 bits per heavy atom. The van der Waals surface area contributed by atoms with E-state index in [-0.39, 0.29) is 0 Å². The number of nitrogens with zero attached hydrogens (tertiary/aromatic N) is 1. The molecule has 3 nitrogen and oxygen atoms in total. The van der Waals surface area contributed by atoms with Crippen LogP contribution in [0.25, 0.3) is 10.9 Å². The van der Waals surface area contributed by atoms with Crippen LogP contribution in [0, 0.1) is 11.5 Å². The molecule has 0 saturated carbocycles. The summed E-state index contributed by atoms with van der Waals surface area (Å²) < 4.78 is 10.6. The van der Waals surface area contributed by atoms with Gasteiger partial charge in [-0.05, 0) is 12.1 Å². The number of fused-ring (bicyclic) bond motifs is 1. The lowest BCUT2D eigenvalue weighted by molar-refractivity contribution is 0.0911. The number of aromatic nitrogens is 1. The third kappa shape index (κ3) is 4.98. The smallest absolute Gasteiger partial charge is 0.159 e. The van der Waals surface area contributed by atoms with E-state index in [1.165, 1.54) is 0 Å². The van der Waals surface area contributed by atoms with E-state index in [0.717, 1.165) is 22.8 Å². The maximum Gasteiger partial charge on any atom is 0.159 e. The van der Waals surface area contributed by atoms with Crippen molar-refractivity contribution in [3.05, 3.63) is 42.1 Å². The first-order valence-electron chi connectivity index (χ1n) is 7.06. The van der Waals surface area contributed by atoms with E-state index >= 15 is 0 Å². The van der Waals surface area contributed by atoms with Gasteiger partial charge in [-0.15, -0.1) is 5.54 Å². The average molecular weight is 299 g/mol. The zero-order valence-electron chi connectivity index (χ0n) is 12.8. The normalized spacial score (nSPS) is 11.2. The van der Waals surface area contributed by atoms with E-state index in [1.807, 2.05) is 24.3 Å². The van der Waals surface area contributed by atoms with Crippen LogP contribution in [0.4, 0.5) is 0 Å².